The van der Waals surface area contributed by atoms with E-state index in [2.05, 4.69) is 5.32 Å². The molecule has 8 heteroatoms. The molecule has 0 aromatic heterocycles. The molecular formula is C14H18FNO4S2. The van der Waals surface area contributed by atoms with Crippen molar-refractivity contribution < 1.29 is 21.2 Å². The Hall–Kier alpha value is -0.990. The summed E-state index contributed by atoms with van der Waals surface area (Å²) in [5, 5.41) is 2.12. The minimum absolute atomic E-state index is 0.0175. The van der Waals surface area contributed by atoms with Gasteiger partial charge < -0.3 is 5.32 Å². The lowest BCUT2D eigenvalue weighted by Gasteiger charge is -2.20. The Labute approximate surface area is 129 Å². The highest BCUT2D eigenvalue weighted by Crippen LogP contribution is 2.29. The van der Waals surface area contributed by atoms with Crippen LogP contribution < -0.4 is 5.32 Å². The number of aryl methyl sites for hydroxylation is 1. The van der Waals surface area contributed by atoms with Crippen molar-refractivity contribution in [1.29, 1.82) is 0 Å². The molecule has 1 aromatic carbocycles. The summed E-state index contributed by atoms with van der Waals surface area (Å²) in [6.07, 6.45) is 1.89. The quantitative estimate of drug-likeness (QED) is 0.816. The SMILES string of the molecule is Cc1cc(S(=O)(=O)[C@H]2CS(=O)(=O)C[C@@H]2NC2CC2)ccc1F. The molecule has 2 fully saturated rings. The van der Waals surface area contributed by atoms with Gasteiger partial charge in [0, 0.05) is 12.1 Å². The van der Waals surface area contributed by atoms with Gasteiger partial charge in [0.05, 0.1) is 21.7 Å². The molecule has 1 aliphatic carbocycles. The molecule has 0 unspecified atom stereocenters. The molecule has 1 aliphatic heterocycles. The molecule has 0 amide bonds. The Kier molecular flexibility index (Phi) is 3.81. The van der Waals surface area contributed by atoms with Crippen molar-refractivity contribution in [2.75, 3.05) is 11.5 Å². The van der Waals surface area contributed by atoms with Crippen LogP contribution in [0.4, 0.5) is 4.39 Å². The third-order valence-electron chi connectivity index (χ3n) is 4.18. The Bertz CT molecular complexity index is 800. The van der Waals surface area contributed by atoms with Gasteiger partial charge in [0.1, 0.15) is 5.82 Å². The van der Waals surface area contributed by atoms with Crippen molar-refractivity contribution in [2.45, 2.75) is 42.0 Å². The Morgan fingerprint density at radius 1 is 1.23 bits per heavy atom. The lowest BCUT2D eigenvalue weighted by molar-refractivity contribution is 0.524. The fraction of sp³-hybridized carbons (Fsp3) is 0.571. The van der Waals surface area contributed by atoms with Gasteiger partial charge in [-0.25, -0.2) is 21.2 Å². The van der Waals surface area contributed by atoms with Crippen molar-refractivity contribution in [2.24, 2.45) is 0 Å². The number of nitrogens with one attached hydrogen (secondary N) is 1. The van der Waals surface area contributed by atoms with E-state index in [1.807, 2.05) is 0 Å². The summed E-state index contributed by atoms with van der Waals surface area (Å²) < 4.78 is 62.7. The first kappa shape index (κ1) is 15.9. The van der Waals surface area contributed by atoms with Crippen LogP contribution in [0.5, 0.6) is 0 Å². The van der Waals surface area contributed by atoms with Crippen LogP contribution in [0.3, 0.4) is 0 Å². The first-order chi connectivity index (χ1) is 10.2. The fourth-order valence-corrected chi connectivity index (χ4v) is 7.56. The molecule has 0 radical (unpaired) electrons. The lowest BCUT2D eigenvalue weighted by atomic mass is 10.2. The highest BCUT2D eigenvalue weighted by atomic mass is 32.2. The van der Waals surface area contributed by atoms with Gasteiger partial charge in [0.2, 0.25) is 0 Å². The standard InChI is InChI=1S/C14H18FNO4S2/c1-9-6-11(4-5-12(9)15)22(19,20)14-8-21(17,18)7-13(14)16-10-2-3-10/h4-6,10,13-14,16H,2-3,7-8H2,1H3/t13-,14-/m0/s1. The zero-order chi connectivity index (χ0) is 16.1. The second kappa shape index (κ2) is 5.28. The van der Waals surface area contributed by atoms with Gasteiger partial charge in [-0.15, -0.1) is 0 Å². The van der Waals surface area contributed by atoms with Gasteiger partial charge in [0.15, 0.2) is 19.7 Å². The highest BCUT2D eigenvalue weighted by Gasteiger charge is 2.47. The molecule has 1 heterocycles. The number of hydrogen-bond donors (Lipinski definition) is 1. The molecule has 1 N–H and O–H groups in total. The van der Waals surface area contributed by atoms with Gasteiger partial charge in [-0.3, -0.25) is 0 Å². The summed E-state index contributed by atoms with van der Waals surface area (Å²) in [5.74, 6) is -1.02. The van der Waals surface area contributed by atoms with Gasteiger partial charge in [-0.1, -0.05) is 0 Å². The minimum atomic E-state index is -3.82. The molecule has 1 aromatic rings. The first-order valence-electron chi connectivity index (χ1n) is 7.15. The number of sulfone groups is 2. The molecule has 0 bridgehead atoms. The first-order valence-corrected chi connectivity index (χ1v) is 10.5. The van der Waals surface area contributed by atoms with Crippen LogP contribution >= 0.6 is 0 Å². The predicted octanol–water partition coefficient (Wildman–Crippen LogP) is 0.825. The summed E-state index contributed by atoms with van der Waals surface area (Å²) >= 11 is 0. The second-order valence-electron chi connectivity index (χ2n) is 6.12. The Morgan fingerprint density at radius 2 is 1.91 bits per heavy atom. The van der Waals surface area contributed by atoms with Gasteiger partial charge in [-0.05, 0) is 43.5 Å². The third kappa shape index (κ3) is 3.04. The van der Waals surface area contributed by atoms with Crippen LogP contribution in [-0.4, -0.2) is 45.7 Å². The van der Waals surface area contributed by atoms with E-state index >= 15 is 0 Å². The number of benzene rings is 1. The molecule has 0 spiro atoms. The number of halogens is 1. The number of rotatable bonds is 4. The van der Waals surface area contributed by atoms with E-state index in [4.69, 9.17) is 0 Å². The molecule has 5 nitrogen and oxygen atoms in total. The highest BCUT2D eigenvalue weighted by molar-refractivity contribution is 7.96. The second-order valence-corrected chi connectivity index (χ2v) is 10.4. The monoisotopic (exact) mass is 347 g/mol. The topological polar surface area (TPSA) is 80.3 Å². The maximum Gasteiger partial charge on any atom is 0.183 e. The van der Waals surface area contributed by atoms with Crippen molar-refractivity contribution in [3.8, 4) is 0 Å². The van der Waals surface area contributed by atoms with Crippen LogP contribution in [0, 0.1) is 12.7 Å². The minimum Gasteiger partial charge on any atom is -0.309 e. The molecule has 1 saturated carbocycles. The van der Waals surface area contributed by atoms with E-state index in [-0.39, 0.29) is 28.0 Å². The maximum atomic E-state index is 13.3. The maximum absolute atomic E-state index is 13.3. The molecule has 122 valence electrons. The van der Waals surface area contributed by atoms with Crippen LogP contribution in [0.25, 0.3) is 0 Å². The molecule has 2 aliphatic rings. The van der Waals surface area contributed by atoms with E-state index in [0.29, 0.717) is 0 Å². The number of hydrogen-bond acceptors (Lipinski definition) is 5. The van der Waals surface area contributed by atoms with E-state index in [0.717, 1.165) is 18.9 Å². The van der Waals surface area contributed by atoms with E-state index in [1.165, 1.54) is 19.1 Å². The Balaban J connectivity index is 1.96. The summed E-state index contributed by atoms with van der Waals surface area (Å²) in [7, 11) is -7.21. The molecule has 3 rings (SSSR count). The van der Waals surface area contributed by atoms with Crippen molar-refractivity contribution in [1.82, 2.24) is 5.32 Å². The summed E-state index contributed by atoms with van der Waals surface area (Å²) in [5.41, 5.74) is 0.230. The van der Waals surface area contributed by atoms with Crippen LogP contribution in [0.15, 0.2) is 23.1 Å². The van der Waals surface area contributed by atoms with Crippen molar-refractivity contribution in [3.05, 3.63) is 29.6 Å². The van der Waals surface area contributed by atoms with Crippen LogP contribution in [-0.2, 0) is 19.7 Å². The van der Waals surface area contributed by atoms with E-state index < -0.39 is 36.8 Å². The Morgan fingerprint density at radius 3 is 2.50 bits per heavy atom. The van der Waals surface area contributed by atoms with Crippen molar-refractivity contribution >= 4 is 19.7 Å². The van der Waals surface area contributed by atoms with Gasteiger partial charge >= 0.3 is 0 Å². The molecule has 2 atom stereocenters. The normalized spacial score (nSPS) is 27.9. The van der Waals surface area contributed by atoms with Gasteiger partial charge in [-0.2, -0.15) is 0 Å². The van der Waals surface area contributed by atoms with Crippen LogP contribution in [0.2, 0.25) is 0 Å². The average Bonchev–Trinajstić information content (AvgIpc) is 3.16. The zero-order valence-electron chi connectivity index (χ0n) is 12.1. The van der Waals surface area contributed by atoms with E-state index in [1.54, 1.807) is 0 Å². The lowest BCUT2D eigenvalue weighted by Crippen LogP contribution is -2.44. The fourth-order valence-electron chi connectivity index (χ4n) is 2.80. The third-order valence-corrected chi connectivity index (χ3v) is 8.33. The molecule has 1 saturated heterocycles. The largest absolute Gasteiger partial charge is 0.309 e. The average molecular weight is 347 g/mol. The summed E-state index contributed by atoms with van der Waals surface area (Å²) in [6.45, 7) is 1.49. The summed E-state index contributed by atoms with van der Waals surface area (Å²) in [6, 6.07) is 3.20. The summed E-state index contributed by atoms with van der Waals surface area (Å²) in [4.78, 5) is -0.0175. The molecular weight excluding hydrogens is 329 g/mol. The van der Waals surface area contributed by atoms with Crippen LogP contribution in [0.1, 0.15) is 18.4 Å². The van der Waals surface area contributed by atoms with E-state index in [9.17, 15) is 21.2 Å². The zero-order valence-corrected chi connectivity index (χ0v) is 13.8. The van der Waals surface area contributed by atoms with Gasteiger partial charge in [0.25, 0.3) is 0 Å². The smallest absolute Gasteiger partial charge is 0.183 e. The predicted molar refractivity (Wildman–Crippen MR) is 80.7 cm³/mol. The van der Waals surface area contributed by atoms with Crippen molar-refractivity contribution in [3.63, 3.8) is 0 Å². The molecule has 22 heavy (non-hydrogen) atoms.